The van der Waals surface area contributed by atoms with E-state index >= 15 is 0 Å². The summed E-state index contributed by atoms with van der Waals surface area (Å²) in [6.45, 7) is 0. The highest BCUT2D eigenvalue weighted by Gasteiger charge is 2.00. The van der Waals surface area contributed by atoms with Crippen LogP contribution in [-0.2, 0) is 0 Å². The first-order valence-electron chi connectivity index (χ1n) is 3.70. The molecule has 2 rings (SSSR count). The third kappa shape index (κ3) is 1.62. The predicted octanol–water partition coefficient (Wildman–Crippen LogP) is 2.02. The monoisotopic (exact) mass is 190 g/mol. The van der Waals surface area contributed by atoms with E-state index in [0.29, 0.717) is 11.4 Å². The standard InChI is InChI=1S/C9H6N2OS/c12-5-7-3-10-9(11-4-7)8-1-2-13-6-8/h1-6H. The van der Waals surface area contributed by atoms with Gasteiger partial charge >= 0.3 is 0 Å². The number of rotatable bonds is 2. The molecule has 0 N–H and O–H groups in total. The number of carbonyl (C=O) groups is 1. The van der Waals surface area contributed by atoms with Crippen molar-refractivity contribution in [2.45, 2.75) is 0 Å². The maximum atomic E-state index is 10.3. The minimum atomic E-state index is 0.499. The SMILES string of the molecule is O=Cc1cnc(-c2ccsc2)nc1. The summed E-state index contributed by atoms with van der Waals surface area (Å²) in [5.74, 6) is 0.659. The second-order valence-electron chi connectivity index (χ2n) is 2.47. The van der Waals surface area contributed by atoms with Crippen molar-refractivity contribution >= 4 is 17.6 Å². The van der Waals surface area contributed by atoms with E-state index in [9.17, 15) is 4.79 Å². The van der Waals surface area contributed by atoms with Gasteiger partial charge in [-0.3, -0.25) is 4.79 Å². The Hall–Kier alpha value is -1.55. The average Bonchev–Trinajstić information content (AvgIpc) is 2.71. The van der Waals surface area contributed by atoms with Crippen LogP contribution >= 0.6 is 11.3 Å². The smallest absolute Gasteiger partial charge is 0.159 e. The van der Waals surface area contributed by atoms with Gasteiger partial charge in [-0.25, -0.2) is 9.97 Å². The van der Waals surface area contributed by atoms with Crippen LogP contribution in [0.5, 0.6) is 0 Å². The second-order valence-corrected chi connectivity index (χ2v) is 3.25. The Balaban J connectivity index is 2.38. The molecule has 2 aromatic rings. The summed E-state index contributed by atoms with van der Waals surface area (Å²) in [4.78, 5) is 18.4. The van der Waals surface area contributed by atoms with E-state index in [0.717, 1.165) is 11.8 Å². The molecular weight excluding hydrogens is 184 g/mol. The van der Waals surface area contributed by atoms with E-state index in [4.69, 9.17) is 0 Å². The number of aldehydes is 1. The Morgan fingerprint density at radius 3 is 2.62 bits per heavy atom. The largest absolute Gasteiger partial charge is 0.298 e. The average molecular weight is 190 g/mol. The number of hydrogen-bond donors (Lipinski definition) is 0. The maximum absolute atomic E-state index is 10.3. The normalized spacial score (nSPS) is 9.85. The molecule has 0 aliphatic carbocycles. The Bertz CT molecular complexity index is 394. The van der Waals surface area contributed by atoms with Crippen molar-refractivity contribution in [1.29, 1.82) is 0 Å². The molecule has 0 radical (unpaired) electrons. The summed E-state index contributed by atoms with van der Waals surface area (Å²) in [6, 6.07) is 1.95. The van der Waals surface area contributed by atoms with Crippen molar-refractivity contribution in [2.75, 3.05) is 0 Å². The molecule has 0 saturated carbocycles. The van der Waals surface area contributed by atoms with Gasteiger partial charge < -0.3 is 0 Å². The summed E-state index contributed by atoms with van der Waals surface area (Å²) in [7, 11) is 0. The molecule has 0 atom stereocenters. The first-order chi connectivity index (χ1) is 6.40. The van der Waals surface area contributed by atoms with Crippen molar-refractivity contribution in [3.05, 3.63) is 34.8 Å². The first kappa shape index (κ1) is 8.07. The fraction of sp³-hybridized carbons (Fsp3) is 0. The maximum Gasteiger partial charge on any atom is 0.159 e. The number of thiophene rings is 1. The van der Waals surface area contributed by atoms with Gasteiger partial charge in [-0.1, -0.05) is 0 Å². The van der Waals surface area contributed by atoms with Gasteiger partial charge in [-0.15, -0.1) is 0 Å². The highest BCUT2D eigenvalue weighted by molar-refractivity contribution is 7.08. The quantitative estimate of drug-likeness (QED) is 0.680. The van der Waals surface area contributed by atoms with Crippen LogP contribution in [0, 0.1) is 0 Å². The molecule has 2 heterocycles. The van der Waals surface area contributed by atoms with E-state index in [1.54, 1.807) is 11.3 Å². The first-order valence-corrected chi connectivity index (χ1v) is 4.64. The highest BCUT2D eigenvalue weighted by Crippen LogP contribution is 2.16. The molecule has 0 saturated heterocycles. The van der Waals surface area contributed by atoms with Gasteiger partial charge in [0.05, 0.1) is 5.56 Å². The van der Waals surface area contributed by atoms with Crippen LogP contribution < -0.4 is 0 Å². The van der Waals surface area contributed by atoms with Crippen LogP contribution in [-0.4, -0.2) is 16.3 Å². The van der Waals surface area contributed by atoms with Crippen LogP contribution in [0.4, 0.5) is 0 Å². The van der Waals surface area contributed by atoms with Gasteiger partial charge in [0.1, 0.15) is 0 Å². The lowest BCUT2D eigenvalue weighted by Crippen LogP contribution is -1.89. The third-order valence-corrected chi connectivity index (χ3v) is 2.27. The van der Waals surface area contributed by atoms with Crippen LogP contribution in [0.15, 0.2) is 29.2 Å². The van der Waals surface area contributed by atoms with Gasteiger partial charge in [0.2, 0.25) is 0 Å². The summed E-state index contributed by atoms with van der Waals surface area (Å²) >= 11 is 1.59. The fourth-order valence-electron chi connectivity index (χ4n) is 0.940. The van der Waals surface area contributed by atoms with Gasteiger partial charge in [0, 0.05) is 23.3 Å². The molecule has 0 bridgehead atoms. The van der Waals surface area contributed by atoms with Crippen LogP contribution in [0.25, 0.3) is 11.4 Å². The zero-order chi connectivity index (χ0) is 9.10. The number of nitrogens with zero attached hydrogens (tertiary/aromatic N) is 2. The molecule has 0 fully saturated rings. The van der Waals surface area contributed by atoms with Crippen molar-refractivity contribution in [1.82, 2.24) is 9.97 Å². The molecule has 0 spiro atoms. The molecule has 0 aromatic carbocycles. The van der Waals surface area contributed by atoms with E-state index in [2.05, 4.69) is 9.97 Å². The zero-order valence-electron chi connectivity index (χ0n) is 6.68. The van der Waals surface area contributed by atoms with Crippen LogP contribution in [0.2, 0.25) is 0 Å². The number of hydrogen-bond acceptors (Lipinski definition) is 4. The lowest BCUT2D eigenvalue weighted by Gasteiger charge is -1.94. The minimum Gasteiger partial charge on any atom is -0.298 e. The molecule has 13 heavy (non-hydrogen) atoms. The molecule has 3 nitrogen and oxygen atoms in total. The molecule has 64 valence electrons. The Kier molecular flexibility index (Phi) is 2.14. The Morgan fingerprint density at radius 2 is 2.08 bits per heavy atom. The van der Waals surface area contributed by atoms with Crippen molar-refractivity contribution < 1.29 is 4.79 Å². The van der Waals surface area contributed by atoms with Gasteiger partial charge in [-0.2, -0.15) is 11.3 Å². The topological polar surface area (TPSA) is 42.9 Å². The Labute approximate surface area is 79.1 Å². The van der Waals surface area contributed by atoms with Gasteiger partial charge in [0.25, 0.3) is 0 Å². The lowest BCUT2D eigenvalue weighted by atomic mass is 10.3. The van der Waals surface area contributed by atoms with Crippen LogP contribution in [0.3, 0.4) is 0 Å². The molecule has 0 aliphatic rings. The molecule has 2 aromatic heterocycles. The summed E-state index contributed by atoms with van der Waals surface area (Å²) < 4.78 is 0. The van der Waals surface area contributed by atoms with E-state index < -0.39 is 0 Å². The molecule has 0 amide bonds. The van der Waals surface area contributed by atoms with Gasteiger partial charge in [0.15, 0.2) is 12.1 Å². The summed E-state index contributed by atoms with van der Waals surface area (Å²) in [5.41, 5.74) is 1.49. The van der Waals surface area contributed by atoms with Crippen molar-refractivity contribution in [2.24, 2.45) is 0 Å². The fourth-order valence-corrected chi connectivity index (χ4v) is 1.57. The van der Waals surface area contributed by atoms with Gasteiger partial charge in [-0.05, 0) is 11.4 Å². The predicted molar refractivity (Wildman–Crippen MR) is 50.7 cm³/mol. The van der Waals surface area contributed by atoms with E-state index in [-0.39, 0.29) is 0 Å². The minimum absolute atomic E-state index is 0.499. The van der Waals surface area contributed by atoms with Crippen molar-refractivity contribution in [3.8, 4) is 11.4 Å². The number of carbonyl (C=O) groups excluding carboxylic acids is 1. The van der Waals surface area contributed by atoms with E-state index in [1.807, 2.05) is 16.8 Å². The lowest BCUT2D eigenvalue weighted by molar-refractivity contribution is 0.112. The highest BCUT2D eigenvalue weighted by atomic mass is 32.1. The summed E-state index contributed by atoms with van der Waals surface area (Å²) in [5, 5.41) is 3.93. The van der Waals surface area contributed by atoms with Crippen LogP contribution in [0.1, 0.15) is 10.4 Å². The summed E-state index contributed by atoms with van der Waals surface area (Å²) in [6.07, 6.45) is 3.78. The van der Waals surface area contributed by atoms with Crippen molar-refractivity contribution in [3.63, 3.8) is 0 Å². The molecule has 0 unspecified atom stereocenters. The van der Waals surface area contributed by atoms with E-state index in [1.165, 1.54) is 12.4 Å². The zero-order valence-corrected chi connectivity index (χ0v) is 7.49. The Morgan fingerprint density at radius 1 is 1.31 bits per heavy atom. The molecule has 4 heteroatoms. The number of aromatic nitrogens is 2. The molecular formula is C9H6N2OS. The second kappa shape index (κ2) is 3.45. The molecule has 0 aliphatic heterocycles. The third-order valence-electron chi connectivity index (χ3n) is 1.59.